The number of aryl methyl sites for hydroxylation is 1. The van der Waals surface area contributed by atoms with Gasteiger partial charge in [-0.05, 0) is 31.7 Å². The Morgan fingerprint density at radius 3 is 2.78 bits per heavy atom. The number of aromatic nitrogens is 2. The molecule has 18 heavy (non-hydrogen) atoms. The van der Waals surface area contributed by atoms with Crippen LogP contribution < -0.4 is 11.1 Å². The molecular formula is C13H24N4O. The summed E-state index contributed by atoms with van der Waals surface area (Å²) in [5.41, 5.74) is 6.44. The van der Waals surface area contributed by atoms with E-state index in [-0.39, 0.29) is 11.8 Å². The highest BCUT2D eigenvalue weighted by molar-refractivity contribution is 5.90. The van der Waals surface area contributed by atoms with Crippen molar-refractivity contribution in [3.63, 3.8) is 0 Å². The summed E-state index contributed by atoms with van der Waals surface area (Å²) in [6.45, 7) is 7.65. The topological polar surface area (TPSA) is 72.9 Å². The third-order valence-electron chi connectivity index (χ3n) is 2.85. The molecule has 1 atom stereocenters. The van der Waals surface area contributed by atoms with E-state index in [1.165, 1.54) is 0 Å². The van der Waals surface area contributed by atoms with E-state index in [4.69, 9.17) is 5.73 Å². The van der Waals surface area contributed by atoms with E-state index in [9.17, 15) is 4.79 Å². The van der Waals surface area contributed by atoms with Gasteiger partial charge in [0.05, 0.1) is 11.9 Å². The zero-order valence-electron chi connectivity index (χ0n) is 11.5. The molecule has 1 heterocycles. The highest BCUT2D eigenvalue weighted by Gasteiger charge is 2.14. The van der Waals surface area contributed by atoms with Gasteiger partial charge in [0, 0.05) is 19.2 Å². The van der Waals surface area contributed by atoms with Crippen LogP contribution in [0.3, 0.4) is 0 Å². The van der Waals surface area contributed by atoms with Gasteiger partial charge in [-0.2, -0.15) is 5.10 Å². The second-order valence-electron chi connectivity index (χ2n) is 5.07. The van der Waals surface area contributed by atoms with Gasteiger partial charge in [0.1, 0.15) is 0 Å². The molecule has 1 amide bonds. The van der Waals surface area contributed by atoms with Crippen LogP contribution in [-0.2, 0) is 11.3 Å². The van der Waals surface area contributed by atoms with Crippen molar-refractivity contribution in [2.45, 2.75) is 40.2 Å². The monoisotopic (exact) mass is 252 g/mol. The van der Waals surface area contributed by atoms with Crippen molar-refractivity contribution in [1.29, 1.82) is 0 Å². The average molecular weight is 252 g/mol. The maximum atomic E-state index is 11.9. The first-order chi connectivity index (χ1) is 8.55. The van der Waals surface area contributed by atoms with Crippen molar-refractivity contribution in [2.75, 3.05) is 11.9 Å². The van der Waals surface area contributed by atoms with Crippen molar-refractivity contribution in [1.82, 2.24) is 9.78 Å². The lowest BCUT2D eigenvalue weighted by molar-refractivity contribution is -0.117. The van der Waals surface area contributed by atoms with Crippen LogP contribution in [0.5, 0.6) is 0 Å². The Morgan fingerprint density at radius 1 is 1.56 bits per heavy atom. The standard InChI is InChI=1S/C13H24N4O/c1-4-17-9-12(8-15-17)16-13(18)6-11(7-14)5-10(2)3/h8-11H,4-7,14H2,1-3H3,(H,16,18). The number of carbonyl (C=O) groups is 1. The fourth-order valence-corrected chi connectivity index (χ4v) is 2.00. The normalized spacial score (nSPS) is 12.7. The van der Waals surface area contributed by atoms with Crippen LogP contribution in [0, 0.1) is 11.8 Å². The molecule has 1 rings (SSSR count). The Balaban J connectivity index is 2.44. The predicted molar refractivity (Wildman–Crippen MR) is 73.1 cm³/mol. The smallest absolute Gasteiger partial charge is 0.224 e. The number of nitrogens with one attached hydrogen (secondary N) is 1. The fourth-order valence-electron chi connectivity index (χ4n) is 2.00. The van der Waals surface area contributed by atoms with Crippen LogP contribution in [-0.4, -0.2) is 22.2 Å². The molecule has 0 aromatic carbocycles. The van der Waals surface area contributed by atoms with E-state index in [2.05, 4.69) is 24.3 Å². The van der Waals surface area contributed by atoms with Crippen LogP contribution in [0.15, 0.2) is 12.4 Å². The number of hydrogen-bond acceptors (Lipinski definition) is 3. The second kappa shape index (κ2) is 7.16. The van der Waals surface area contributed by atoms with E-state index in [1.807, 2.05) is 13.1 Å². The van der Waals surface area contributed by atoms with Crippen LogP contribution in [0.2, 0.25) is 0 Å². The zero-order chi connectivity index (χ0) is 13.5. The van der Waals surface area contributed by atoms with E-state index in [0.29, 0.717) is 18.9 Å². The number of rotatable bonds is 7. The van der Waals surface area contributed by atoms with Crippen molar-refractivity contribution in [2.24, 2.45) is 17.6 Å². The Labute approximate surface area is 109 Å². The number of anilines is 1. The Bertz CT molecular complexity index is 373. The van der Waals surface area contributed by atoms with Crippen molar-refractivity contribution in [3.8, 4) is 0 Å². The molecule has 0 aliphatic heterocycles. The minimum atomic E-state index is 0.0155. The number of carbonyl (C=O) groups excluding carboxylic acids is 1. The van der Waals surface area contributed by atoms with E-state index >= 15 is 0 Å². The van der Waals surface area contributed by atoms with Gasteiger partial charge >= 0.3 is 0 Å². The van der Waals surface area contributed by atoms with Crippen LogP contribution in [0.1, 0.15) is 33.6 Å². The second-order valence-corrected chi connectivity index (χ2v) is 5.07. The van der Waals surface area contributed by atoms with Gasteiger partial charge in [-0.3, -0.25) is 9.48 Å². The molecule has 0 aliphatic carbocycles. The molecule has 0 fully saturated rings. The molecular weight excluding hydrogens is 228 g/mol. The van der Waals surface area contributed by atoms with Crippen LogP contribution in [0.4, 0.5) is 5.69 Å². The molecule has 0 bridgehead atoms. The van der Waals surface area contributed by atoms with Gasteiger partial charge in [-0.25, -0.2) is 0 Å². The Kier molecular flexibility index (Phi) is 5.85. The van der Waals surface area contributed by atoms with Gasteiger partial charge in [0.15, 0.2) is 0 Å². The molecule has 0 radical (unpaired) electrons. The molecule has 5 heteroatoms. The number of nitrogens with two attached hydrogens (primary N) is 1. The summed E-state index contributed by atoms with van der Waals surface area (Å²) < 4.78 is 1.78. The first-order valence-corrected chi connectivity index (χ1v) is 6.57. The molecule has 1 unspecified atom stereocenters. The Hall–Kier alpha value is -1.36. The molecule has 0 saturated heterocycles. The molecule has 0 aliphatic rings. The van der Waals surface area contributed by atoms with E-state index in [1.54, 1.807) is 10.9 Å². The highest BCUT2D eigenvalue weighted by Crippen LogP contribution is 2.15. The van der Waals surface area contributed by atoms with Gasteiger partial charge < -0.3 is 11.1 Å². The van der Waals surface area contributed by atoms with Crippen molar-refractivity contribution in [3.05, 3.63) is 12.4 Å². The van der Waals surface area contributed by atoms with Gasteiger partial charge in [-0.15, -0.1) is 0 Å². The lowest BCUT2D eigenvalue weighted by atomic mass is 9.94. The predicted octanol–water partition coefficient (Wildman–Crippen LogP) is 1.85. The quantitative estimate of drug-likeness (QED) is 0.778. The zero-order valence-corrected chi connectivity index (χ0v) is 11.5. The Morgan fingerprint density at radius 2 is 2.28 bits per heavy atom. The van der Waals surface area contributed by atoms with E-state index in [0.717, 1.165) is 18.7 Å². The summed E-state index contributed by atoms with van der Waals surface area (Å²) in [5, 5.41) is 6.97. The van der Waals surface area contributed by atoms with Crippen LogP contribution >= 0.6 is 0 Å². The van der Waals surface area contributed by atoms with Crippen molar-refractivity contribution < 1.29 is 4.79 Å². The minimum Gasteiger partial charge on any atom is -0.330 e. The van der Waals surface area contributed by atoms with Crippen LogP contribution in [0.25, 0.3) is 0 Å². The van der Waals surface area contributed by atoms with Gasteiger partial charge in [0.2, 0.25) is 5.91 Å². The SMILES string of the molecule is CCn1cc(NC(=O)CC(CN)CC(C)C)cn1. The third kappa shape index (κ3) is 4.87. The lowest BCUT2D eigenvalue weighted by Crippen LogP contribution is -2.23. The maximum absolute atomic E-state index is 11.9. The molecule has 0 saturated carbocycles. The number of nitrogens with zero attached hydrogens (tertiary/aromatic N) is 2. The van der Waals surface area contributed by atoms with Crippen molar-refractivity contribution >= 4 is 11.6 Å². The summed E-state index contributed by atoms with van der Waals surface area (Å²) in [4.78, 5) is 11.9. The van der Waals surface area contributed by atoms with E-state index < -0.39 is 0 Å². The first kappa shape index (κ1) is 14.7. The molecule has 1 aromatic heterocycles. The molecule has 3 N–H and O–H groups in total. The fraction of sp³-hybridized carbons (Fsp3) is 0.692. The largest absolute Gasteiger partial charge is 0.330 e. The minimum absolute atomic E-state index is 0.0155. The highest BCUT2D eigenvalue weighted by atomic mass is 16.1. The van der Waals surface area contributed by atoms with Gasteiger partial charge in [-0.1, -0.05) is 13.8 Å². The molecule has 102 valence electrons. The molecule has 5 nitrogen and oxygen atoms in total. The summed E-state index contributed by atoms with van der Waals surface area (Å²) in [5.74, 6) is 0.835. The third-order valence-corrected chi connectivity index (χ3v) is 2.85. The number of hydrogen-bond donors (Lipinski definition) is 2. The molecule has 0 spiro atoms. The summed E-state index contributed by atoms with van der Waals surface area (Å²) in [6, 6.07) is 0. The summed E-state index contributed by atoms with van der Waals surface area (Å²) in [6.07, 6.45) is 4.96. The van der Waals surface area contributed by atoms with Gasteiger partial charge in [0.25, 0.3) is 0 Å². The summed E-state index contributed by atoms with van der Waals surface area (Å²) in [7, 11) is 0. The number of amides is 1. The average Bonchev–Trinajstić information content (AvgIpc) is 2.75. The maximum Gasteiger partial charge on any atom is 0.224 e. The first-order valence-electron chi connectivity index (χ1n) is 6.57. The molecule has 1 aromatic rings. The summed E-state index contributed by atoms with van der Waals surface area (Å²) >= 11 is 0. The lowest BCUT2D eigenvalue weighted by Gasteiger charge is -2.16.